The summed E-state index contributed by atoms with van der Waals surface area (Å²) in [6.07, 6.45) is 4.90. The molecule has 0 aliphatic heterocycles. The number of nitrogens with zero attached hydrogens (tertiary/aromatic N) is 1. The molecule has 0 saturated heterocycles. The van der Waals surface area contributed by atoms with Gasteiger partial charge in [-0.05, 0) is 163 Å². The van der Waals surface area contributed by atoms with Crippen molar-refractivity contribution in [2.45, 2.75) is 44.9 Å². The molecule has 9 aromatic carbocycles. The molecule has 0 N–H and O–H groups in total. The molecule has 60 heavy (non-hydrogen) atoms. The molecule has 0 unspecified atom stereocenters. The van der Waals surface area contributed by atoms with Crippen LogP contribution in [0.15, 0.2) is 200 Å². The second-order valence-corrected chi connectivity index (χ2v) is 17.1. The molecule has 0 spiro atoms. The highest BCUT2D eigenvalue weighted by molar-refractivity contribution is 5.97. The predicted molar refractivity (Wildman–Crippen MR) is 255 cm³/mol. The standard InChI is InChI=1S/C59H47N/c1-59(2)56-26-14-25-52(41-15-5-3-6-16-41)58(56)53-36-35-49(39-57(53)59)60(47-31-27-43(28-32-47)51-24-13-22-40-19-11-12-23-50(40)51)48-33-29-44(30-34-48)55-38-46-21-10-9-20-45(46)37-54(55)42-17-7-4-8-18-42/h3-10,13-18,20-22,24-39H,11-12,19,23H2,1-2H3. The largest absolute Gasteiger partial charge is 0.310 e. The summed E-state index contributed by atoms with van der Waals surface area (Å²) in [6, 6.07) is 74.5. The summed E-state index contributed by atoms with van der Waals surface area (Å²) >= 11 is 0. The summed E-state index contributed by atoms with van der Waals surface area (Å²) in [6.45, 7) is 4.77. The van der Waals surface area contributed by atoms with Crippen LogP contribution < -0.4 is 4.90 Å². The maximum absolute atomic E-state index is 2.45. The summed E-state index contributed by atoms with van der Waals surface area (Å²) in [4.78, 5) is 2.45. The minimum atomic E-state index is -0.166. The van der Waals surface area contributed by atoms with Gasteiger partial charge in [0.15, 0.2) is 0 Å². The van der Waals surface area contributed by atoms with Crippen LogP contribution in [0, 0.1) is 0 Å². The average molecular weight is 770 g/mol. The Morgan fingerprint density at radius 1 is 0.367 bits per heavy atom. The molecule has 1 nitrogen and oxygen atoms in total. The third kappa shape index (κ3) is 6.16. The number of benzene rings is 9. The van der Waals surface area contributed by atoms with Crippen molar-refractivity contribution in [2.75, 3.05) is 4.90 Å². The van der Waals surface area contributed by atoms with Gasteiger partial charge >= 0.3 is 0 Å². The first kappa shape index (κ1) is 36.1. The third-order valence-electron chi connectivity index (χ3n) is 13.3. The van der Waals surface area contributed by atoms with E-state index >= 15 is 0 Å². The fourth-order valence-corrected chi connectivity index (χ4v) is 10.2. The SMILES string of the molecule is CC1(C)c2cc(N(c3ccc(-c4cc5ccccc5cc4-c4ccccc4)cc3)c3ccc(-c4cccc5c4CCCC5)cc3)ccc2-c2c(-c3ccccc3)cccc21. The van der Waals surface area contributed by atoms with Crippen LogP contribution in [-0.4, -0.2) is 0 Å². The van der Waals surface area contributed by atoms with E-state index in [9.17, 15) is 0 Å². The van der Waals surface area contributed by atoms with E-state index in [-0.39, 0.29) is 5.41 Å². The fourth-order valence-electron chi connectivity index (χ4n) is 10.2. The maximum Gasteiger partial charge on any atom is 0.0465 e. The van der Waals surface area contributed by atoms with Crippen molar-refractivity contribution in [2.24, 2.45) is 0 Å². The van der Waals surface area contributed by atoms with E-state index in [1.807, 2.05) is 0 Å². The quantitative estimate of drug-likeness (QED) is 0.156. The van der Waals surface area contributed by atoms with Crippen LogP contribution in [0.25, 0.3) is 66.4 Å². The molecule has 11 rings (SSSR count). The van der Waals surface area contributed by atoms with E-state index < -0.39 is 0 Å². The number of hydrogen-bond acceptors (Lipinski definition) is 1. The van der Waals surface area contributed by atoms with Crippen molar-refractivity contribution in [1.29, 1.82) is 0 Å². The zero-order valence-electron chi connectivity index (χ0n) is 34.3. The number of aryl methyl sites for hydroxylation is 1. The van der Waals surface area contributed by atoms with Crippen LogP contribution in [-0.2, 0) is 18.3 Å². The second-order valence-electron chi connectivity index (χ2n) is 17.1. The van der Waals surface area contributed by atoms with Gasteiger partial charge < -0.3 is 4.90 Å². The van der Waals surface area contributed by atoms with Crippen LogP contribution in [0.2, 0.25) is 0 Å². The van der Waals surface area contributed by atoms with Gasteiger partial charge in [-0.2, -0.15) is 0 Å². The minimum Gasteiger partial charge on any atom is -0.310 e. The summed E-state index contributed by atoms with van der Waals surface area (Å²) in [5, 5.41) is 2.50. The zero-order valence-corrected chi connectivity index (χ0v) is 34.3. The van der Waals surface area contributed by atoms with Crippen LogP contribution in [0.3, 0.4) is 0 Å². The van der Waals surface area contributed by atoms with Gasteiger partial charge in [0.2, 0.25) is 0 Å². The Morgan fingerprint density at radius 2 is 0.883 bits per heavy atom. The summed E-state index contributed by atoms with van der Waals surface area (Å²) in [5.74, 6) is 0. The molecular weight excluding hydrogens is 723 g/mol. The van der Waals surface area contributed by atoms with Gasteiger partial charge in [-0.1, -0.05) is 166 Å². The number of fused-ring (bicyclic) bond motifs is 5. The van der Waals surface area contributed by atoms with Gasteiger partial charge in [0.25, 0.3) is 0 Å². The Kier molecular flexibility index (Phi) is 8.85. The molecule has 0 bridgehead atoms. The third-order valence-corrected chi connectivity index (χ3v) is 13.3. The van der Waals surface area contributed by atoms with E-state index in [4.69, 9.17) is 0 Å². The van der Waals surface area contributed by atoms with Crippen molar-refractivity contribution in [1.82, 2.24) is 0 Å². The number of rotatable bonds is 7. The number of anilines is 3. The Labute approximate surface area is 354 Å². The number of hydrogen-bond donors (Lipinski definition) is 0. The molecule has 0 radical (unpaired) electrons. The molecule has 2 aliphatic rings. The molecule has 0 amide bonds. The van der Waals surface area contributed by atoms with Crippen molar-refractivity contribution in [3.63, 3.8) is 0 Å². The van der Waals surface area contributed by atoms with Gasteiger partial charge in [-0.15, -0.1) is 0 Å². The smallest absolute Gasteiger partial charge is 0.0465 e. The second kappa shape index (κ2) is 14.7. The van der Waals surface area contributed by atoms with E-state index in [2.05, 4.69) is 219 Å². The molecule has 0 atom stereocenters. The monoisotopic (exact) mass is 769 g/mol. The highest BCUT2D eigenvalue weighted by atomic mass is 15.1. The molecular formula is C59H47N. The molecule has 0 heterocycles. The highest BCUT2D eigenvalue weighted by Crippen LogP contribution is 2.54. The Morgan fingerprint density at radius 3 is 1.53 bits per heavy atom. The Hall–Kier alpha value is -6.96. The van der Waals surface area contributed by atoms with Crippen molar-refractivity contribution in [3.05, 3.63) is 222 Å². The van der Waals surface area contributed by atoms with E-state index in [0.29, 0.717) is 0 Å². The summed E-state index contributed by atoms with van der Waals surface area (Å²) in [5.41, 5.74) is 21.8. The molecule has 9 aromatic rings. The first-order valence-electron chi connectivity index (χ1n) is 21.6. The maximum atomic E-state index is 2.45. The fraction of sp³-hybridized carbons (Fsp3) is 0.119. The van der Waals surface area contributed by atoms with E-state index in [1.54, 1.807) is 0 Å². The first-order chi connectivity index (χ1) is 29.5. The lowest BCUT2D eigenvalue weighted by molar-refractivity contribution is 0.660. The van der Waals surface area contributed by atoms with E-state index in [0.717, 1.165) is 23.5 Å². The highest BCUT2D eigenvalue weighted by Gasteiger charge is 2.37. The van der Waals surface area contributed by atoms with Crippen molar-refractivity contribution < 1.29 is 0 Å². The molecule has 288 valence electrons. The summed E-state index contributed by atoms with van der Waals surface area (Å²) < 4.78 is 0. The van der Waals surface area contributed by atoms with Gasteiger partial charge in [0.05, 0.1) is 0 Å². The predicted octanol–water partition coefficient (Wildman–Crippen LogP) is 16.2. The molecule has 0 aromatic heterocycles. The molecule has 0 saturated carbocycles. The van der Waals surface area contributed by atoms with Crippen molar-refractivity contribution >= 4 is 27.8 Å². The van der Waals surface area contributed by atoms with Gasteiger partial charge in [0.1, 0.15) is 0 Å². The van der Waals surface area contributed by atoms with Crippen molar-refractivity contribution in [3.8, 4) is 55.6 Å². The Balaban J connectivity index is 1.04. The van der Waals surface area contributed by atoms with Crippen LogP contribution >= 0.6 is 0 Å². The topological polar surface area (TPSA) is 3.24 Å². The van der Waals surface area contributed by atoms with Crippen LogP contribution in [0.1, 0.15) is 48.9 Å². The lowest BCUT2D eigenvalue weighted by Gasteiger charge is -2.28. The molecule has 0 fully saturated rings. The lowest BCUT2D eigenvalue weighted by atomic mass is 9.81. The average Bonchev–Trinajstić information content (AvgIpc) is 3.55. The van der Waals surface area contributed by atoms with E-state index in [1.165, 1.54) is 108 Å². The summed E-state index contributed by atoms with van der Waals surface area (Å²) in [7, 11) is 0. The van der Waals surface area contributed by atoms with Gasteiger partial charge in [-0.3, -0.25) is 0 Å². The van der Waals surface area contributed by atoms with Gasteiger partial charge in [0, 0.05) is 22.5 Å². The van der Waals surface area contributed by atoms with Crippen LogP contribution in [0.5, 0.6) is 0 Å². The molecule has 2 aliphatic carbocycles. The first-order valence-corrected chi connectivity index (χ1v) is 21.6. The minimum absolute atomic E-state index is 0.166. The van der Waals surface area contributed by atoms with Gasteiger partial charge in [-0.25, -0.2) is 0 Å². The normalized spacial score (nSPS) is 13.7. The zero-order chi connectivity index (χ0) is 40.2. The Bertz CT molecular complexity index is 3030. The molecule has 1 heteroatoms. The lowest BCUT2D eigenvalue weighted by Crippen LogP contribution is -2.16. The van der Waals surface area contributed by atoms with Crippen LogP contribution in [0.4, 0.5) is 17.1 Å².